The molecule has 1 fully saturated rings. The van der Waals surface area contributed by atoms with Crippen LogP contribution in [-0.2, 0) is 16.0 Å². The molecule has 1 aliphatic heterocycles. The summed E-state index contributed by atoms with van der Waals surface area (Å²) in [6.07, 6.45) is 3.10. The minimum atomic E-state index is -0.970. The molecule has 1 unspecified atom stereocenters. The van der Waals surface area contributed by atoms with Crippen molar-refractivity contribution in [1.29, 1.82) is 0 Å². The Morgan fingerprint density at radius 1 is 1.52 bits per heavy atom. The number of rotatable bonds is 7. The van der Waals surface area contributed by atoms with Gasteiger partial charge in [0.1, 0.15) is 18.4 Å². The molecule has 2 rings (SSSR count). The van der Waals surface area contributed by atoms with E-state index in [1.165, 1.54) is 4.90 Å². The lowest BCUT2D eigenvalue weighted by Crippen LogP contribution is -2.43. The van der Waals surface area contributed by atoms with Crippen molar-refractivity contribution in [2.75, 3.05) is 13.2 Å². The first kappa shape index (κ1) is 15.1. The van der Waals surface area contributed by atoms with Crippen molar-refractivity contribution >= 4 is 11.9 Å². The van der Waals surface area contributed by atoms with Crippen molar-refractivity contribution in [2.24, 2.45) is 0 Å². The second-order valence-electron chi connectivity index (χ2n) is 5.00. The first-order valence-corrected chi connectivity index (χ1v) is 6.96. The maximum absolute atomic E-state index is 11.7. The van der Waals surface area contributed by atoms with Gasteiger partial charge < -0.3 is 14.7 Å². The summed E-state index contributed by atoms with van der Waals surface area (Å²) in [5.74, 6) is -0.381. The summed E-state index contributed by atoms with van der Waals surface area (Å²) in [6, 6.07) is 6.47. The monoisotopic (exact) mass is 289 g/mol. The molecule has 5 nitrogen and oxygen atoms in total. The van der Waals surface area contributed by atoms with E-state index in [1.807, 2.05) is 18.2 Å². The predicted octanol–water partition coefficient (Wildman–Crippen LogP) is 1.87. The zero-order valence-corrected chi connectivity index (χ0v) is 11.8. The summed E-state index contributed by atoms with van der Waals surface area (Å²) >= 11 is 0. The molecule has 0 radical (unpaired) electrons. The van der Waals surface area contributed by atoms with Crippen molar-refractivity contribution in [1.82, 2.24) is 4.90 Å². The van der Waals surface area contributed by atoms with Crippen molar-refractivity contribution in [3.63, 3.8) is 0 Å². The molecule has 1 N–H and O–H groups in total. The second-order valence-corrected chi connectivity index (χ2v) is 5.00. The second kappa shape index (κ2) is 6.92. The molecule has 0 spiro atoms. The van der Waals surface area contributed by atoms with Crippen LogP contribution in [0.1, 0.15) is 18.4 Å². The third-order valence-electron chi connectivity index (χ3n) is 3.47. The Kier molecular flexibility index (Phi) is 4.98. The minimum absolute atomic E-state index is 0.0820. The number of aliphatic carboxylic acids is 1. The summed E-state index contributed by atoms with van der Waals surface area (Å²) in [6.45, 7) is 4.50. The summed E-state index contributed by atoms with van der Waals surface area (Å²) in [5, 5.41) is 9.39. The van der Waals surface area contributed by atoms with Gasteiger partial charge in [0.15, 0.2) is 0 Å². The van der Waals surface area contributed by atoms with Gasteiger partial charge in [-0.25, -0.2) is 4.79 Å². The molecule has 1 aromatic carbocycles. The van der Waals surface area contributed by atoms with E-state index in [9.17, 15) is 14.7 Å². The maximum atomic E-state index is 11.7. The van der Waals surface area contributed by atoms with E-state index in [2.05, 4.69) is 6.58 Å². The molecule has 0 aromatic heterocycles. The number of benzene rings is 1. The number of nitrogens with zero attached hydrogens (tertiary/aromatic N) is 1. The standard InChI is InChI=1S/C16H19NO4/c1-2-9-21-13-6-3-5-12(10-13)11-14(16(19)20)17-8-4-7-15(17)18/h2-3,5-6,10,14H,1,4,7-9,11H2,(H,19,20). The fourth-order valence-electron chi connectivity index (χ4n) is 2.47. The minimum Gasteiger partial charge on any atom is -0.490 e. The number of likely N-dealkylation sites (tertiary alicyclic amines) is 1. The van der Waals surface area contributed by atoms with Gasteiger partial charge >= 0.3 is 5.97 Å². The smallest absolute Gasteiger partial charge is 0.326 e. The lowest BCUT2D eigenvalue weighted by molar-refractivity contribution is -0.148. The normalized spacial score (nSPS) is 15.8. The van der Waals surface area contributed by atoms with Crippen LogP contribution >= 0.6 is 0 Å². The first-order valence-electron chi connectivity index (χ1n) is 6.96. The summed E-state index contributed by atoms with van der Waals surface area (Å²) in [4.78, 5) is 24.7. The van der Waals surface area contributed by atoms with Crippen LogP contribution in [0.4, 0.5) is 0 Å². The van der Waals surface area contributed by atoms with Crippen LogP contribution in [0.15, 0.2) is 36.9 Å². The Morgan fingerprint density at radius 2 is 2.33 bits per heavy atom. The van der Waals surface area contributed by atoms with Crippen LogP contribution in [0.2, 0.25) is 0 Å². The average Bonchev–Trinajstić information content (AvgIpc) is 2.88. The van der Waals surface area contributed by atoms with E-state index in [0.29, 0.717) is 25.3 Å². The third kappa shape index (κ3) is 3.84. The number of ether oxygens (including phenoxy) is 1. The zero-order valence-electron chi connectivity index (χ0n) is 11.8. The summed E-state index contributed by atoms with van der Waals surface area (Å²) < 4.78 is 5.44. The molecule has 1 heterocycles. The van der Waals surface area contributed by atoms with Crippen molar-refractivity contribution in [3.8, 4) is 5.75 Å². The lowest BCUT2D eigenvalue weighted by atomic mass is 10.0. The van der Waals surface area contributed by atoms with E-state index in [0.717, 1.165) is 12.0 Å². The number of carboxylic acids is 1. The van der Waals surface area contributed by atoms with Crippen molar-refractivity contribution in [2.45, 2.75) is 25.3 Å². The highest BCUT2D eigenvalue weighted by molar-refractivity contribution is 5.85. The molecular formula is C16H19NO4. The molecule has 112 valence electrons. The Bertz CT molecular complexity index is 541. The number of hydrogen-bond donors (Lipinski definition) is 1. The third-order valence-corrected chi connectivity index (χ3v) is 3.47. The maximum Gasteiger partial charge on any atom is 0.326 e. The highest BCUT2D eigenvalue weighted by Crippen LogP contribution is 2.20. The van der Waals surface area contributed by atoms with E-state index < -0.39 is 12.0 Å². The van der Waals surface area contributed by atoms with Gasteiger partial charge in [0.25, 0.3) is 0 Å². The zero-order chi connectivity index (χ0) is 15.2. The summed E-state index contributed by atoms with van der Waals surface area (Å²) in [5.41, 5.74) is 0.837. The average molecular weight is 289 g/mol. The number of carboxylic acid groups (broad SMARTS) is 1. The van der Waals surface area contributed by atoms with E-state index >= 15 is 0 Å². The van der Waals surface area contributed by atoms with Crippen molar-refractivity contribution < 1.29 is 19.4 Å². The van der Waals surface area contributed by atoms with Gasteiger partial charge in [-0.2, -0.15) is 0 Å². The van der Waals surface area contributed by atoms with Crippen LogP contribution in [0, 0.1) is 0 Å². The van der Waals surface area contributed by atoms with Crippen molar-refractivity contribution in [3.05, 3.63) is 42.5 Å². The highest BCUT2D eigenvalue weighted by atomic mass is 16.5. The van der Waals surface area contributed by atoms with Gasteiger partial charge in [0.05, 0.1) is 0 Å². The highest BCUT2D eigenvalue weighted by Gasteiger charge is 2.32. The Balaban J connectivity index is 2.11. The lowest BCUT2D eigenvalue weighted by Gasteiger charge is -2.24. The quantitative estimate of drug-likeness (QED) is 0.778. The fraction of sp³-hybridized carbons (Fsp3) is 0.375. The molecule has 1 aliphatic rings. The van der Waals surface area contributed by atoms with E-state index in [-0.39, 0.29) is 12.3 Å². The first-order chi connectivity index (χ1) is 10.1. The summed E-state index contributed by atoms with van der Waals surface area (Å²) in [7, 11) is 0. The number of carbonyl (C=O) groups is 2. The molecule has 1 aromatic rings. The Labute approximate surface area is 123 Å². The molecule has 1 amide bonds. The predicted molar refractivity (Wildman–Crippen MR) is 78.2 cm³/mol. The van der Waals surface area contributed by atoms with Crippen LogP contribution < -0.4 is 4.74 Å². The van der Waals surface area contributed by atoms with Crippen LogP contribution in [0.25, 0.3) is 0 Å². The topological polar surface area (TPSA) is 66.8 Å². The SMILES string of the molecule is C=CCOc1cccc(CC(C(=O)O)N2CCCC2=O)c1. The van der Waals surface area contributed by atoms with E-state index in [1.54, 1.807) is 12.1 Å². The molecule has 1 saturated heterocycles. The molecule has 0 aliphatic carbocycles. The molecule has 0 saturated carbocycles. The molecule has 0 bridgehead atoms. The van der Waals surface area contributed by atoms with Gasteiger partial charge in [-0.1, -0.05) is 24.8 Å². The van der Waals surface area contributed by atoms with Crippen LogP contribution in [-0.4, -0.2) is 41.1 Å². The number of hydrogen-bond acceptors (Lipinski definition) is 3. The fourth-order valence-corrected chi connectivity index (χ4v) is 2.47. The van der Waals surface area contributed by atoms with Gasteiger partial charge in [0, 0.05) is 19.4 Å². The van der Waals surface area contributed by atoms with Gasteiger partial charge in [0.2, 0.25) is 5.91 Å². The largest absolute Gasteiger partial charge is 0.490 e. The molecule has 5 heteroatoms. The van der Waals surface area contributed by atoms with Gasteiger partial charge in [-0.05, 0) is 24.1 Å². The molecule has 1 atom stereocenters. The molecule has 21 heavy (non-hydrogen) atoms. The number of carbonyl (C=O) groups excluding carboxylic acids is 1. The number of amides is 1. The van der Waals surface area contributed by atoms with Gasteiger partial charge in [-0.3, -0.25) is 4.79 Å². The Morgan fingerprint density at radius 3 is 2.95 bits per heavy atom. The van der Waals surface area contributed by atoms with Gasteiger partial charge in [-0.15, -0.1) is 0 Å². The molecular weight excluding hydrogens is 270 g/mol. The van der Waals surface area contributed by atoms with Crippen LogP contribution in [0.5, 0.6) is 5.75 Å². The Hall–Kier alpha value is -2.30. The van der Waals surface area contributed by atoms with E-state index in [4.69, 9.17) is 4.74 Å². The van der Waals surface area contributed by atoms with Crippen LogP contribution in [0.3, 0.4) is 0 Å².